The van der Waals surface area contributed by atoms with Gasteiger partial charge < -0.3 is 70.4 Å². The fourth-order valence-corrected chi connectivity index (χ4v) is 0. The molecule has 0 atom stereocenters. The molecule has 0 aromatic heterocycles. The van der Waals surface area contributed by atoms with Gasteiger partial charge in [-0.25, -0.2) is 0 Å². The number of carbonyl (C=O) groups excluding carboxylic acids is 6. The summed E-state index contributed by atoms with van der Waals surface area (Å²) in [5.74, 6) is -13.1. The van der Waals surface area contributed by atoms with Crippen molar-refractivity contribution in [2.45, 2.75) is 0 Å². The summed E-state index contributed by atoms with van der Waals surface area (Å²) in [5, 5.41) is 53.6. The van der Waals surface area contributed by atoms with E-state index in [1.807, 2.05) is 0 Å². The van der Waals surface area contributed by atoms with Crippen LogP contribution in [0.2, 0.25) is 0 Å². The summed E-state index contributed by atoms with van der Waals surface area (Å²) in [6, 6.07) is 0. The molecule has 0 bridgehead atoms. The molecule has 0 unspecified atom stereocenters. The Morgan fingerprint density at radius 2 is 0.409 bits per heavy atom. The van der Waals surface area contributed by atoms with E-state index in [1.165, 1.54) is 0 Å². The van der Waals surface area contributed by atoms with Crippen molar-refractivity contribution in [3.05, 3.63) is 0 Å². The van der Waals surface area contributed by atoms with Crippen LogP contribution in [0.3, 0.4) is 0 Å². The van der Waals surface area contributed by atoms with Crippen LogP contribution >= 0.6 is 0 Å². The third kappa shape index (κ3) is 51.8. The minimum atomic E-state index is -2.19. The molecular weight excluding hydrogens is 392 g/mol. The topological polar surface area (TPSA) is 304 Å². The molecule has 0 aromatic rings. The molecule has 0 aliphatic carbocycles. The molecule has 16 heteroatoms. The Morgan fingerprint density at radius 1 is 0.364 bits per heavy atom. The van der Waals surface area contributed by atoms with Crippen molar-refractivity contribution in [2.75, 3.05) is 0 Å². The number of carboxylic acid groups (broad SMARTS) is 6. The molecule has 0 spiro atoms. The second kappa shape index (κ2) is 24.2. The average Bonchev–Trinajstić information content (AvgIpc) is 2.18. The van der Waals surface area contributed by atoms with Crippen LogP contribution in [0.4, 0.5) is 0 Å². The molecule has 120 valence electrons. The second-order valence-corrected chi connectivity index (χ2v) is 1.72. The van der Waals surface area contributed by atoms with Crippen molar-refractivity contribution in [1.82, 2.24) is 0 Å². The summed E-state index contributed by atoms with van der Waals surface area (Å²) in [6.07, 6.45) is 0. The molecule has 22 heavy (non-hydrogen) atoms. The third-order valence-corrected chi connectivity index (χ3v) is 0.500. The molecule has 2 radical (unpaired) electrons. The van der Waals surface area contributed by atoms with Crippen molar-refractivity contribution in [2.24, 2.45) is 0 Å². The Hall–Kier alpha value is -1.83. The van der Waals surface area contributed by atoms with Gasteiger partial charge in [0.2, 0.25) is 0 Å². The zero-order valence-corrected chi connectivity index (χ0v) is 13.0. The van der Waals surface area contributed by atoms with Crippen molar-refractivity contribution in [3.63, 3.8) is 0 Å². The molecule has 14 nitrogen and oxygen atoms in total. The first-order valence-corrected chi connectivity index (χ1v) is 3.20. The van der Waals surface area contributed by atoms with Crippen molar-refractivity contribution in [3.8, 4) is 0 Å². The van der Waals surface area contributed by atoms with Gasteiger partial charge in [0.1, 0.15) is 0 Å². The SMILES string of the molecule is O.O.O=C([O-])C(=O)[O-].O=C([O-])C(=O)[O-].O=C([O-])C(=O)[O-].[Ti+3].[Ti+3]. The molecule has 0 saturated heterocycles. The van der Waals surface area contributed by atoms with Crippen LogP contribution in [0.1, 0.15) is 0 Å². The maximum Gasteiger partial charge on any atom is 3.00 e. The molecule has 0 saturated carbocycles. The summed E-state index contributed by atoms with van der Waals surface area (Å²) in [6.45, 7) is 0. The Bertz CT molecular complexity index is 282. The van der Waals surface area contributed by atoms with Crippen LogP contribution in [0.25, 0.3) is 0 Å². The molecule has 0 aliphatic heterocycles. The normalized spacial score (nSPS) is 6.00. The van der Waals surface area contributed by atoms with Gasteiger partial charge in [-0.05, 0) is 0 Å². The number of carboxylic acids is 6. The molecular formula is C6H4O14Ti2. The van der Waals surface area contributed by atoms with E-state index in [2.05, 4.69) is 0 Å². The van der Waals surface area contributed by atoms with Gasteiger partial charge in [-0.2, -0.15) is 0 Å². The summed E-state index contributed by atoms with van der Waals surface area (Å²) < 4.78 is 0. The number of aliphatic carboxylic acids is 6. The van der Waals surface area contributed by atoms with Crippen LogP contribution < -0.4 is 30.6 Å². The maximum absolute atomic E-state index is 8.93. The van der Waals surface area contributed by atoms with E-state index in [-0.39, 0.29) is 54.4 Å². The van der Waals surface area contributed by atoms with Crippen molar-refractivity contribution < 1.29 is 114 Å². The Kier molecular flexibility index (Phi) is 47.0. The first-order chi connectivity index (χ1) is 7.93. The van der Waals surface area contributed by atoms with E-state index in [9.17, 15) is 0 Å². The van der Waals surface area contributed by atoms with E-state index in [0.29, 0.717) is 0 Å². The quantitative estimate of drug-likeness (QED) is 0.272. The molecule has 0 amide bonds. The fraction of sp³-hybridized carbons (Fsp3) is 0. The fourth-order valence-electron chi connectivity index (χ4n) is 0. The summed E-state index contributed by atoms with van der Waals surface area (Å²) in [5.41, 5.74) is 0. The Balaban J connectivity index is -0.0000000281. The van der Waals surface area contributed by atoms with Gasteiger partial charge in [0, 0.05) is 0 Å². The molecule has 4 N–H and O–H groups in total. The predicted octanol–water partition coefficient (Wildman–Crippen LogP) is -12.2. The maximum atomic E-state index is 8.93. The standard InChI is InChI=1S/3C2H2O4.2H2O.2Ti/c3*3-1(4)2(5)6;;;;/h3*(H,3,4)(H,5,6);2*1H2;;/q;;;;;2*+3/p-6. The number of rotatable bonds is 0. The van der Waals surface area contributed by atoms with Crippen LogP contribution in [-0.4, -0.2) is 46.8 Å². The monoisotopic (exact) mass is 396 g/mol. The minimum absolute atomic E-state index is 0. The van der Waals surface area contributed by atoms with Gasteiger partial charge in [-0.3, -0.25) is 0 Å². The van der Waals surface area contributed by atoms with E-state index in [4.69, 9.17) is 59.4 Å². The van der Waals surface area contributed by atoms with Gasteiger partial charge in [0.15, 0.2) is 0 Å². The first-order valence-electron chi connectivity index (χ1n) is 3.20. The van der Waals surface area contributed by atoms with Crippen molar-refractivity contribution in [1.29, 1.82) is 0 Å². The number of hydrogen-bond donors (Lipinski definition) is 0. The van der Waals surface area contributed by atoms with E-state index in [0.717, 1.165) is 0 Å². The molecule has 0 rings (SSSR count). The largest absolute Gasteiger partial charge is 3.00 e. The molecule has 0 aromatic carbocycles. The van der Waals surface area contributed by atoms with Crippen LogP contribution in [0, 0.1) is 0 Å². The van der Waals surface area contributed by atoms with Gasteiger partial charge in [0.05, 0.1) is 35.8 Å². The predicted molar refractivity (Wildman–Crippen MR) is 37.3 cm³/mol. The van der Waals surface area contributed by atoms with Crippen LogP contribution in [-0.2, 0) is 72.2 Å². The van der Waals surface area contributed by atoms with E-state index in [1.54, 1.807) is 0 Å². The average molecular weight is 396 g/mol. The number of carbonyl (C=O) groups is 6. The molecule has 0 aliphatic rings. The zero-order valence-electron chi connectivity index (χ0n) is 9.90. The van der Waals surface area contributed by atoms with E-state index < -0.39 is 35.8 Å². The molecule has 0 heterocycles. The third-order valence-electron chi connectivity index (χ3n) is 0.500. The summed E-state index contributed by atoms with van der Waals surface area (Å²) in [7, 11) is 0. The summed E-state index contributed by atoms with van der Waals surface area (Å²) in [4.78, 5) is 53.6. The first kappa shape index (κ1) is 42.7. The summed E-state index contributed by atoms with van der Waals surface area (Å²) >= 11 is 0. The van der Waals surface area contributed by atoms with E-state index >= 15 is 0 Å². The van der Waals surface area contributed by atoms with Gasteiger partial charge in [0.25, 0.3) is 0 Å². The van der Waals surface area contributed by atoms with Crippen LogP contribution in [0.15, 0.2) is 0 Å². The van der Waals surface area contributed by atoms with Crippen LogP contribution in [0.5, 0.6) is 0 Å². The van der Waals surface area contributed by atoms with Gasteiger partial charge in [-0.1, -0.05) is 0 Å². The van der Waals surface area contributed by atoms with Gasteiger partial charge >= 0.3 is 43.4 Å². The number of hydrogen-bond acceptors (Lipinski definition) is 12. The zero-order chi connectivity index (χ0) is 15.5. The van der Waals surface area contributed by atoms with Gasteiger partial charge in [-0.15, -0.1) is 0 Å². The minimum Gasteiger partial charge on any atom is -0.543 e. The second-order valence-electron chi connectivity index (χ2n) is 1.72. The smallest absolute Gasteiger partial charge is 0.543 e. The Morgan fingerprint density at radius 3 is 0.409 bits per heavy atom. The Labute approximate surface area is 149 Å². The van der Waals surface area contributed by atoms with Crippen molar-refractivity contribution >= 4 is 35.8 Å². The molecule has 0 fully saturated rings.